The first kappa shape index (κ1) is 15.8. The summed E-state index contributed by atoms with van der Waals surface area (Å²) in [7, 11) is 0. The number of fused-ring (bicyclic) bond motifs is 1. The van der Waals surface area contributed by atoms with E-state index >= 15 is 0 Å². The number of benzene rings is 2. The van der Waals surface area contributed by atoms with Gasteiger partial charge in [0, 0.05) is 11.9 Å². The molecule has 0 aliphatic carbocycles. The van der Waals surface area contributed by atoms with Crippen molar-refractivity contribution in [2.45, 2.75) is 25.4 Å². The van der Waals surface area contributed by atoms with E-state index in [0.29, 0.717) is 17.4 Å². The van der Waals surface area contributed by atoms with Crippen molar-refractivity contribution < 1.29 is 4.79 Å². The van der Waals surface area contributed by atoms with Gasteiger partial charge in [0.2, 0.25) is 11.9 Å². The maximum atomic E-state index is 12.4. The summed E-state index contributed by atoms with van der Waals surface area (Å²) in [5, 5.41) is 5.06. The molecular formula is C19H17ClN4O. The molecule has 2 heterocycles. The Morgan fingerprint density at radius 1 is 1.08 bits per heavy atom. The summed E-state index contributed by atoms with van der Waals surface area (Å²) < 4.78 is 1.79. The SMILES string of the molecule is CC(=O)N1c2ncnn2[C@@H](c2ccccc2Cl)C[C@H]1c1ccccc1. The number of hydrogen-bond acceptors (Lipinski definition) is 3. The maximum Gasteiger partial charge on any atom is 0.231 e. The summed E-state index contributed by atoms with van der Waals surface area (Å²) in [5.74, 6) is 0.498. The molecule has 3 aromatic rings. The zero-order valence-electron chi connectivity index (χ0n) is 13.7. The van der Waals surface area contributed by atoms with Crippen molar-refractivity contribution in [3.63, 3.8) is 0 Å². The minimum Gasteiger partial charge on any atom is -0.275 e. The van der Waals surface area contributed by atoms with Gasteiger partial charge in [0.05, 0.1) is 12.1 Å². The van der Waals surface area contributed by atoms with Crippen molar-refractivity contribution >= 4 is 23.5 Å². The molecule has 126 valence electrons. The lowest BCUT2D eigenvalue weighted by Gasteiger charge is -2.38. The molecule has 0 saturated heterocycles. The molecule has 0 N–H and O–H groups in total. The summed E-state index contributed by atoms with van der Waals surface area (Å²) in [6, 6.07) is 17.6. The van der Waals surface area contributed by atoms with Crippen LogP contribution in [0.4, 0.5) is 5.95 Å². The van der Waals surface area contributed by atoms with Crippen LogP contribution in [0.25, 0.3) is 0 Å². The van der Waals surface area contributed by atoms with Gasteiger partial charge < -0.3 is 0 Å². The lowest BCUT2D eigenvalue weighted by Crippen LogP contribution is -2.41. The average Bonchev–Trinajstić information content (AvgIpc) is 3.11. The van der Waals surface area contributed by atoms with Crippen LogP contribution in [0.15, 0.2) is 60.9 Å². The average molecular weight is 353 g/mol. The number of aromatic nitrogens is 3. The highest BCUT2D eigenvalue weighted by Crippen LogP contribution is 2.43. The van der Waals surface area contributed by atoms with Gasteiger partial charge >= 0.3 is 0 Å². The Morgan fingerprint density at radius 3 is 2.52 bits per heavy atom. The molecule has 4 rings (SSSR count). The van der Waals surface area contributed by atoms with Gasteiger partial charge in [0.1, 0.15) is 6.33 Å². The quantitative estimate of drug-likeness (QED) is 0.700. The zero-order chi connectivity index (χ0) is 17.4. The maximum absolute atomic E-state index is 12.4. The third-order valence-electron chi connectivity index (χ3n) is 4.61. The highest BCUT2D eigenvalue weighted by Gasteiger charge is 2.38. The molecule has 0 bridgehead atoms. The summed E-state index contributed by atoms with van der Waals surface area (Å²) in [4.78, 5) is 18.4. The molecule has 1 amide bonds. The number of carbonyl (C=O) groups is 1. The van der Waals surface area contributed by atoms with Crippen molar-refractivity contribution in [2.75, 3.05) is 4.90 Å². The van der Waals surface area contributed by atoms with Crippen LogP contribution in [0.2, 0.25) is 5.02 Å². The van der Waals surface area contributed by atoms with E-state index in [1.165, 1.54) is 6.33 Å². The minimum atomic E-state index is -0.114. The van der Waals surface area contributed by atoms with E-state index in [1.54, 1.807) is 16.5 Å². The van der Waals surface area contributed by atoms with Crippen molar-refractivity contribution in [1.82, 2.24) is 14.8 Å². The summed E-state index contributed by atoms with van der Waals surface area (Å²) in [6.45, 7) is 1.56. The van der Waals surface area contributed by atoms with E-state index in [9.17, 15) is 4.79 Å². The van der Waals surface area contributed by atoms with Crippen LogP contribution in [0.3, 0.4) is 0 Å². The van der Waals surface area contributed by atoms with Crippen LogP contribution >= 0.6 is 11.6 Å². The first-order valence-corrected chi connectivity index (χ1v) is 8.53. The van der Waals surface area contributed by atoms with Gasteiger partial charge in [-0.15, -0.1) is 0 Å². The highest BCUT2D eigenvalue weighted by molar-refractivity contribution is 6.31. The normalized spacial score (nSPS) is 19.5. The van der Waals surface area contributed by atoms with E-state index in [2.05, 4.69) is 10.1 Å². The first-order valence-electron chi connectivity index (χ1n) is 8.15. The zero-order valence-corrected chi connectivity index (χ0v) is 14.5. The lowest BCUT2D eigenvalue weighted by molar-refractivity contribution is -0.117. The second-order valence-electron chi connectivity index (χ2n) is 6.09. The summed E-state index contributed by atoms with van der Waals surface area (Å²) >= 11 is 6.44. The van der Waals surface area contributed by atoms with Crippen LogP contribution < -0.4 is 4.90 Å². The third kappa shape index (κ3) is 2.70. The highest BCUT2D eigenvalue weighted by atomic mass is 35.5. The molecule has 1 aliphatic rings. The Morgan fingerprint density at radius 2 is 1.80 bits per heavy atom. The van der Waals surface area contributed by atoms with E-state index in [0.717, 1.165) is 11.1 Å². The number of halogens is 1. The molecule has 0 radical (unpaired) electrons. The Bertz CT molecular complexity index is 909. The van der Waals surface area contributed by atoms with Crippen molar-refractivity contribution in [3.8, 4) is 0 Å². The first-order chi connectivity index (χ1) is 12.2. The second kappa shape index (κ2) is 6.33. The van der Waals surface area contributed by atoms with Crippen molar-refractivity contribution in [3.05, 3.63) is 77.1 Å². The molecule has 0 saturated carbocycles. The van der Waals surface area contributed by atoms with Crippen LogP contribution in [-0.2, 0) is 4.79 Å². The fourth-order valence-corrected chi connectivity index (χ4v) is 3.78. The van der Waals surface area contributed by atoms with Crippen molar-refractivity contribution in [1.29, 1.82) is 0 Å². The van der Waals surface area contributed by atoms with Gasteiger partial charge in [0.15, 0.2) is 0 Å². The van der Waals surface area contributed by atoms with Gasteiger partial charge in [-0.3, -0.25) is 9.69 Å². The molecule has 6 heteroatoms. The molecule has 0 unspecified atom stereocenters. The van der Waals surface area contributed by atoms with Crippen LogP contribution in [0.5, 0.6) is 0 Å². The standard InChI is InChI=1S/C19H17ClN4O/c1-13(25)23-17(14-7-3-2-4-8-14)11-18(24-19(23)21-12-22-24)15-9-5-6-10-16(15)20/h2-10,12,17-18H,11H2,1H3/t17-,18+/m0/s1. The Hall–Kier alpha value is -2.66. The molecule has 2 atom stereocenters. The lowest BCUT2D eigenvalue weighted by atomic mass is 9.92. The molecule has 1 aromatic heterocycles. The van der Waals surface area contributed by atoms with Crippen molar-refractivity contribution in [2.24, 2.45) is 0 Å². The number of hydrogen-bond donors (Lipinski definition) is 0. The molecule has 0 spiro atoms. The van der Waals surface area contributed by atoms with Gasteiger partial charge in [-0.2, -0.15) is 10.1 Å². The number of anilines is 1. The van der Waals surface area contributed by atoms with E-state index < -0.39 is 0 Å². The largest absolute Gasteiger partial charge is 0.275 e. The van der Waals surface area contributed by atoms with Gasteiger partial charge in [-0.1, -0.05) is 60.1 Å². The summed E-state index contributed by atoms with van der Waals surface area (Å²) in [6.07, 6.45) is 2.17. The summed E-state index contributed by atoms with van der Waals surface area (Å²) in [5.41, 5.74) is 2.06. The fraction of sp³-hybridized carbons (Fsp3) is 0.211. The minimum absolute atomic E-state index is 0.0549. The Labute approximate surface area is 150 Å². The van der Waals surface area contributed by atoms with Gasteiger partial charge in [0.25, 0.3) is 0 Å². The van der Waals surface area contributed by atoms with Crippen LogP contribution in [0.1, 0.15) is 36.6 Å². The Kier molecular flexibility index (Phi) is 4.01. The van der Waals surface area contributed by atoms with E-state index in [1.807, 2.05) is 54.6 Å². The number of rotatable bonds is 2. The molecule has 2 aromatic carbocycles. The number of carbonyl (C=O) groups excluding carboxylic acids is 1. The topological polar surface area (TPSA) is 51.0 Å². The third-order valence-corrected chi connectivity index (χ3v) is 4.96. The van der Waals surface area contributed by atoms with E-state index in [-0.39, 0.29) is 18.0 Å². The molecule has 1 aliphatic heterocycles. The van der Waals surface area contributed by atoms with E-state index in [4.69, 9.17) is 11.6 Å². The second-order valence-corrected chi connectivity index (χ2v) is 6.50. The monoisotopic (exact) mass is 352 g/mol. The van der Waals surface area contributed by atoms with Crippen LogP contribution in [0, 0.1) is 0 Å². The molecule has 5 nitrogen and oxygen atoms in total. The molecule has 25 heavy (non-hydrogen) atoms. The van der Waals surface area contributed by atoms with Gasteiger partial charge in [-0.05, 0) is 23.6 Å². The number of nitrogens with zero attached hydrogens (tertiary/aromatic N) is 4. The van der Waals surface area contributed by atoms with Gasteiger partial charge in [-0.25, -0.2) is 4.68 Å². The molecule has 0 fully saturated rings. The fourth-order valence-electron chi connectivity index (χ4n) is 3.52. The molecular weight excluding hydrogens is 336 g/mol. The predicted octanol–water partition coefficient (Wildman–Crippen LogP) is 4.02. The smallest absolute Gasteiger partial charge is 0.231 e. The number of amides is 1. The predicted molar refractivity (Wildman–Crippen MR) is 96.6 cm³/mol. The van der Waals surface area contributed by atoms with Crippen LogP contribution in [-0.4, -0.2) is 20.7 Å². The Balaban J connectivity index is 1.87.